The molecule has 166 valence electrons. The Labute approximate surface area is 192 Å². The van der Waals surface area contributed by atoms with Crippen LogP contribution < -0.4 is 0 Å². The van der Waals surface area contributed by atoms with Crippen LogP contribution in [0.15, 0.2) is 65.6 Å². The van der Waals surface area contributed by atoms with Crippen molar-refractivity contribution in [1.29, 1.82) is 0 Å². The van der Waals surface area contributed by atoms with E-state index in [0.717, 1.165) is 46.5 Å². The highest BCUT2D eigenvalue weighted by atomic mass is 16.5. The van der Waals surface area contributed by atoms with Gasteiger partial charge in [-0.2, -0.15) is 0 Å². The molecule has 1 aliphatic heterocycles. The van der Waals surface area contributed by atoms with E-state index in [1.54, 1.807) is 12.4 Å². The first-order valence-electron chi connectivity index (χ1n) is 11.2. The van der Waals surface area contributed by atoms with E-state index in [1.807, 2.05) is 67.4 Å². The van der Waals surface area contributed by atoms with Gasteiger partial charge in [0.15, 0.2) is 11.6 Å². The number of piperidine rings is 1. The van der Waals surface area contributed by atoms with Gasteiger partial charge >= 0.3 is 0 Å². The predicted octanol–water partition coefficient (Wildman–Crippen LogP) is 4.83. The van der Waals surface area contributed by atoms with E-state index >= 15 is 0 Å². The van der Waals surface area contributed by atoms with Crippen molar-refractivity contribution in [1.82, 2.24) is 25.0 Å². The molecule has 0 spiro atoms. The summed E-state index contributed by atoms with van der Waals surface area (Å²) in [6, 6.07) is 13.5. The molecule has 1 aliphatic rings. The summed E-state index contributed by atoms with van der Waals surface area (Å²) < 4.78 is 5.55. The molecule has 7 heteroatoms. The first-order chi connectivity index (χ1) is 16.1. The average molecular weight is 440 g/mol. The van der Waals surface area contributed by atoms with Crippen molar-refractivity contribution < 1.29 is 9.32 Å². The molecule has 0 atom stereocenters. The van der Waals surface area contributed by atoms with Crippen molar-refractivity contribution in [2.45, 2.75) is 32.6 Å². The van der Waals surface area contributed by atoms with E-state index in [2.05, 4.69) is 15.1 Å². The van der Waals surface area contributed by atoms with Crippen LogP contribution in [0.25, 0.3) is 22.7 Å². The van der Waals surface area contributed by atoms with Crippen LogP contribution in [0.4, 0.5) is 0 Å². The molecule has 1 amide bonds. The number of hydrogen-bond acceptors (Lipinski definition) is 6. The molecular weight excluding hydrogens is 414 g/mol. The molecule has 33 heavy (non-hydrogen) atoms. The van der Waals surface area contributed by atoms with E-state index in [1.165, 1.54) is 0 Å². The minimum Gasteiger partial charge on any atom is -0.356 e. The zero-order chi connectivity index (χ0) is 22.8. The number of nitrogens with zero attached hydrogens (tertiary/aromatic N) is 5. The first kappa shape index (κ1) is 21.0. The lowest BCUT2D eigenvalue weighted by Gasteiger charge is -2.32. The van der Waals surface area contributed by atoms with E-state index < -0.39 is 0 Å². The Kier molecular flexibility index (Phi) is 5.69. The molecule has 4 heterocycles. The topological polar surface area (TPSA) is 85.0 Å². The SMILES string of the molecule is Cc1ccc(C(=O)N2CCC(c3nc(-c4cccnc4)ncc3-c3cc(C)no3)CC2)cc1. The number of carbonyl (C=O) groups is 1. The standard InChI is InChI=1S/C26H25N5O2/c1-17-5-7-20(8-6-17)26(32)31-12-9-19(10-13-31)24-22(23-14-18(2)30-33-23)16-28-25(29-24)21-4-3-11-27-15-21/h3-8,11,14-16,19H,9-10,12-13H2,1-2H3. The van der Waals surface area contributed by atoms with Gasteiger partial charge in [-0.25, -0.2) is 9.97 Å². The van der Waals surface area contributed by atoms with Gasteiger partial charge in [-0.05, 0) is 51.0 Å². The molecule has 5 rings (SSSR count). The smallest absolute Gasteiger partial charge is 0.253 e. The maximum Gasteiger partial charge on any atom is 0.253 e. The van der Waals surface area contributed by atoms with Crippen molar-refractivity contribution in [3.63, 3.8) is 0 Å². The third-order valence-electron chi connectivity index (χ3n) is 6.10. The molecule has 1 saturated heterocycles. The number of rotatable bonds is 4. The normalized spacial score (nSPS) is 14.4. The lowest BCUT2D eigenvalue weighted by Crippen LogP contribution is -2.38. The fourth-order valence-corrected chi connectivity index (χ4v) is 4.26. The molecule has 4 aromatic rings. The molecule has 0 unspecified atom stereocenters. The van der Waals surface area contributed by atoms with Crippen LogP contribution in [0.5, 0.6) is 0 Å². The Morgan fingerprint density at radius 2 is 1.85 bits per heavy atom. The number of carbonyl (C=O) groups excluding carboxylic acids is 1. The Morgan fingerprint density at radius 1 is 1.06 bits per heavy atom. The quantitative estimate of drug-likeness (QED) is 0.453. The van der Waals surface area contributed by atoms with E-state index in [4.69, 9.17) is 9.51 Å². The van der Waals surface area contributed by atoms with Gasteiger partial charge in [0, 0.05) is 54.8 Å². The first-order valence-corrected chi connectivity index (χ1v) is 11.2. The van der Waals surface area contributed by atoms with Gasteiger partial charge in [0.25, 0.3) is 5.91 Å². The number of pyridine rings is 1. The van der Waals surface area contributed by atoms with Gasteiger partial charge in [-0.15, -0.1) is 0 Å². The lowest BCUT2D eigenvalue weighted by atomic mass is 9.89. The Bertz CT molecular complexity index is 1260. The number of likely N-dealkylation sites (tertiary alicyclic amines) is 1. The van der Waals surface area contributed by atoms with Crippen LogP contribution in [0.3, 0.4) is 0 Å². The molecule has 0 aliphatic carbocycles. The largest absolute Gasteiger partial charge is 0.356 e. The van der Waals surface area contributed by atoms with Gasteiger partial charge in [0.05, 0.1) is 17.0 Å². The van der Waals surface area contributed by atoms with Crippen molar-refractivity contribution in [3.05, 3.63) is 83.6 Å². The van der Waals surface area contributed by atoms with Crippen LogP contribution in [-0.4, -0.2) is 44.0 Å². The maximum atomic E-state index is 13.0. The molecule has 1 fully saturated rings. The Hall–Kier alpha value is -3.87. The monoisotopic (exact) mass is 439 g/mol. The second kappa shape index (κ2) is 8.94. The average Bonchev–Trinajstić information content (AvgIpc) is 3.30. The van der Waals surface area contributed by atoms with Crippen molar-refractivity contribution in [2.24, 2.45) is 0 Å². The van der Waals surface area contributed by atoms with Gasteiger partial charge < -0.3 is 9.42 Å². The minimum atomic E-state index is 0.0817. The van der Waals surface area contributed by atoms with Crippen molar-refractivity contribution in [2.75, 3.05) is 13.1 Å². The second-order valence-corrected chi connectivity index (χ2v) is 8.50. The molecule has 7 nitrogen and oxygen atoms in total. The summed E-state index contributed by atoms with van der Waals surface area (Å²) in [5.41, 5.74) is 5.34. The maximum absolute atomic E-state index is 13.0. The van der Waals surface area contributed by atoms with Crippen LogP contribution in [-0.2, 0) is 0 Å². The summed E-state index contributed by atoms with van der Waals surface area (Å²) >= 11 is 0. The highest BCUT2D eigenvalue weighted by Crippen LogP contribution is 2.35. The van der Waals surface area contributed by atoms with Crippen molar-refractivity contribution in [3.8, 4) is 22.7 Å². The summed E-state index contributed by atoms with van der Waals surface area (Å²) in [5, 5.41) is 4.04. The zero-order valence-corrected chi connectivity index (χ0v) is 18.7. The molecule has 0 bridgehead atoms. The molecule has 0 N–H and O–H groups in total. The highest BCUT2D eigenvalue weighted by molar-refractivity contribution is 5.94. The number of benzene rings is 1. The fourth-order valence-electron chi connectivity index (χ4n) is 4.26. The van der Waals surface area contributed by atoms with Crippen LogP contribution >= 0.6 is 0 Å². The van der Waals surface area contributed by atoms with Gasteiger partial charge in [0.2, 0.25) is 0 Å². The third-order valence-corrected chi connectivity index (χ3v) is 6.10. The van der Waals surface area contributed by atoms with Gasteiger partial charge in [0.1, 0.15) is 0 Å². The molecule has 0 radical (unpaired) electrons. The van der Waals surface area contributed by atoms with Crippen molar-refractivity contribution >= 4 is 5.91 Å². The highest BCUT2D eigenvalue weighted by Gasteiger charge is 2.28. The summed E-state index contributed by atoms with van der Waals surface area (Å²) in [4.78, 5) is 28.6. The number of amides is 1. The predicted molar refractivity (Wildman–Crippen MR) is 125 cm³/mol. The third kappa shape index (κ3) is 4.39. The summed E-state index contributed by atoms with van der Waals surface area (Å²) in [6.45, 7) is 5.28. The fraction of sp³-hybridized carbons (Fsp3) is 0.269. The van der Waals surface area contributed by atoms with E-state index in [-0.39, 0.29) is 11.8 Å². The number of aryl methyl sites for hydroxylation is 2. The zero-order valence-electron chi connectivity index (χ0n) is 18.7. The summed E-state index contributed by atoms with van der Waals surface area (Å²) in [6.07, 6.45) is 6.95. The Balaban J connectivity index is 1.42. The van der Waals surface area contributed by atoms with E-state index in [0.29, 0.717) is 24.7 Å². The lowest BCUT2D eigenvalue weighted by molar-refractivity contribution is 0.0712. The summed E-state index contributed by atoms with van der Waals surface area (Å²) in [5.74, 6) is 1.57. The Morgan fingerprint density at radius 3 is 2.52 bits per heavy atom. The second-order valence-electron chi connectivity index (χ2n) is 8.50. The van der Waals surface area contributed by atoms with Crippen LogP contribution in [0, 0.1) is 13.8 Å². The van der Waals surface area contributed by atoms with E-state index in [9.17, 15) is 4.79 Å². The van der Waals surface area contributed by atoms with Crippen LogP contribution in [0.2, 0.25) is 0 Å². The summed E-state index contributed by atoms with van der Waals surface area (Å²) in [7, 11) is 0. The van der Waals surface area contributed by atoms with Gasteiger partial charge in [-0.1, -0.05) is 22.9 Å². The molecular formula is C26H25N5O2. The number of hydrogen-bond donors (Lipinski definition) is 0. The molecule has 1 aromatic carbocycles. The molecule has 0 saturated carbocycles. The van der Waals surface area contributed by atoms with Crippen LogP contribution in [0.1, 0.15) is 46.1 Å². The minimum absolute atomic E-state index is 0.0817. The van der Waals surface area contributed by atoms with Gasteiger partial charge in [-0.3, -0.25) is 9.78 Å². The number of aromatic nitrogens is 4. The molecule has 3 aromatic heterocycles.